The van der Waals surface area contributed by atoms with Crippen LogP contribution in [-0.4, -0.2) is 9.55 Å². The van der Waals surface area contributed by atoms with Crippen molar-refractivity contribution in [2.75, 3.05) is 0 Å². The summed E-state index contributed by atoms with van der Waals surface area (Å²) in [4.78, 5) is 4.64. The Hall–Kier alpha value is -3.13. The minimum atomic E-state index is 0.964. The Balaban J connectivity index is 1.98. The van der Waals surface area contributed by atoms with Crippen molar-refractivity contribution in [2.45, 2.75) is 20.8 Å². The summed E-state index contributed by atoms with van der Waals surface area (Å²) in [5.41, 5.74) is 8.56. The van der Waals surface area contributed by atoms with Crippen LogP contribution in [0.2, 0.25) is 0 Å². The van der Waals surface area contributed by atoms with Crippen molar-refractivity contribution >= 4 is 0 Å². The average molecular weight is 338 g/mol. The van der Waals surface area contributed by atoms with Crippen LogP contribution in [0.4, 0.5) is 0 Å². The van der Waals surface area contributed by atoms with Crippen LogP contribution >= 0.6 is 0 Å². The molecule has 0 amide bonds. The van der Waals surface area contributed by atoms with Crippen molar-refractivity contribution in [3.63, 3.8) is 0 Å². The molecule has 1 aromatic heterocycles. The molecule has 2 heteroatoms. The molecule has 0 aliphatic rings. The van der Waals surface area contributed by atoms with Gasteiger partial charge < -0.3 is 0 Å². The molecule has 0 radical (unpaired) electrons. The lowest BCUT2D eigenvalue weighted by Crippen LogP contribution is -2.02. The zero-order valence-electron chi connectivity index (χ0n) is 15.4. The van der Waals surface area contributed by atoms with Gasteiger partial charge in [-0.15, -0.1) is 0 Å². The van der Waals surface area contributed by atoms with Crippen molar-refractivity contribution in [2.24, 2.45) is 0 Å². The maximum absolute atomic E-state index is 4.64. The molecule has 0 bridgehead atoms. The second kappa shape index (κ2) is 6.64. The van der Waals surface area contributed by atoms with Crippen LogP contribution in [0.3, 0.4) is 0 Å². The summed E-state index contributed by atoms with van der Waals surface area (Å²) in [6.07, 6.45) is 3.93. The van der Waals surface area contributed by atoms with Gasteiger partial charge in [0, 0.05) is 23.5 Å². The van der Waals surface area contributed by atoms with Gasteiger partial charge in [-0.2, -0.15) is 0 Å². The topological polar surface area (TPSA) is 17.8 Å². The van der Waals surface area contributed by atoms with Crippen molar-refractivity contribution in [3.05, 3.63) is 95.8 Å². The van der Waals surface area contributed by atoms with Gasteiger partial charge in [0.25, 0.3) is 0 Å². The highest BCUT2D eigenvalue weighted by Gasteiger charge is 2.15. The van der Waals surface area contributed by atoms with Gasteiger partial charge >= 0.3 is 0 Å². The number of aryl methyl sites for hydroxylation is 3. The Kier molecular flexibility index (Phi) is 4.18. The normalized spacial score (nSPS) is 10.9. The first-order valence-electron chi connectivity index (χ1n) is 8.91. The fourth-order valence-electron chi connectivity index (χ4n) is 3.60. The second-order valence-electron chi connectivity index (χ2n) is 6.83. The zero-order valence-corrected chi connectivity index (χ0v) is 15.4. The summed E-state index contributed by atoms with van der Waals surface area (Å²) in [7, 11) is 0. The molecule has 128 valence electrons. The Labute approximate surface area is 154 Å². The lowest BCUT2D eigenvalue weighted by molar-refractivity contribution is 1.05. The van der Waals surface area contributed by atoms with E-state index in [4.69, 9.17) is 0 Å². The third-order valence-corrected chi connectivity index (χ3v) is 4.69. The number of hydrogen-bond acceptors (Lipinski definition) is 1. The van der Waals surface area contributed by atoms with Crippen LogP contribution in [0.1, 0.15) is 16.7 Å². The van der Waals surface area contributed by atoms with E-state index < -0.39 is 0 Å². The van der Waals surface area contributed by atoms with Gasteiger partial charge in [0.15, 0.2) is 0 Å². The highest BCUT2D eigenvalue weighted by Crippen LogP contribution is 2.34. The van der Waals surface area contributed by atoms with Crippen LogP contribution in [0.25, 0.3) is 28.2 Å². The van der Waals surface area contributed by atoms with Crippen LogP contribution in [0, 0.1) is 20.8 Å². The average Bonchev–Trinajstić information content (AvgIpc) is 3.11. The molecule has 4 rings (SSSR count). The van der Waals surface area contributed by atoms with E-state index in [1.807, 2.05) is 12.3 Å². The van der Waals surface area contributed by atoms with Gasteiger partial charge in [-0.25, -0.2) is 4.98 Å². The third kappa shape index (κ3) is 2.95. The van der Waals surface area contributed by atoms with E-state index in [1.165, 1.54) is 33.5 Å². The van der Waals surface area contributed by atoms with Crippen LogP contribution in [0.5, 0.6) is 0 Å². The second-order valence-corrected chi connectivity index (χ2v) is 6.83. The van der Waals surface area contributed by atoms with Gasteiger partial charge in [0.05, 0.1) is 5.69 Å². The Morgan fingerprint density at radius 3 is 2.27 bits per heavy atom. The molecule has 0 atom stereocenters. The molecule has 2 nitrogen and oxygen atoms in total. The fourth-order valence-corrected chi connectivity index (χ4v) is 3.60. The molecule has 3 aromatic carbocycles. The van der Waals surface area contributed by atoms with Gasteiger partial charge in [-0.3, -0.25) is 4.57 Å². The smallest absolute Gasteiger partial charge is 0.144 e. The molecular formula is C24H22N2. The first-order chi connectivity index (χ1) is 12.6. The molecule has 0 saturated heterocycles. The standard InChI is InChI=1S/C24H22N2/c1-17-8-7-11-21(15-17)22-16-18(2)14-19(3)23(22)26-13-12-25-24(26)20-9-5-4-6-10-20/h4-16H,1-3H3. The molecule has 0 N–H and O–H groups in total. The maximum atomic E-state index is 4.64. The summed E-state index contributed by atoms with van der Waals surface area (Å²) in [6, 6.07) is 23.6. The summed E-state index contributed by atoms with van der Waals surface area (Å²) in [5.74, 6) is 0.964. The monoisotopic (exact) mass is 338 g/mol. The predicted octanol–water partition coefficient (Wildman–Crippen LogP) is 6.13. The number of hydrogen-bond donors (Lipinski definition) is 0. The number of benzene rings is 3. The van der Waals surface area contributed by atoms with Gasteiger partial charge in [-0.1, -0.05) is 71.8 Å². The predicted molar refractivity (Wildman–Crippen MR) is 109 cm³/mol. The molecule has 0 aliphatic heterocycles. The molecule has 1 heterocycles. The van der Waals surface area contributed by atoms with E-state index in [0.29, 0.717) is 0 Å². The highest BCUT2D eigenvalue weighted by atomic mass is 15.1. The molecular weight excluding hydrogens is 316 g/mol. The van der Waals surface area contributed by atoms with Gasteiger partial charge in [-0.05, 0) is 38.0 Å². The minimum Gasteiger partial charge on any atom is -0.299 e. The zero-order chi connectivity index (χ0) is 18.1. The van der Waals surface area contributed by atoms with Crippen molar-refractivity contribution < 1.29 is 0 Å². The Bertz CT molecular complexity index is 1060. The highest BCUT2D eigenvalue weighted by molar-refractivity contribution is 5.78. The maximum Gasteiger partial charge on any atom is 0.144 e. The number of aromatic nitrogens is 2. The SMILES string of the molecule is Cc1cccc(-c2cc(C)cc(C)c2-n2ccnc2-c2ccccc2)c1. The Morgan fingerprint density at radius 1 is 0.731 bits per heavy atom. The lowest BCUT2D eigenvalue weighted by Gasteiger charge is -2.18. The summed E-state index contributed by atoms with van der Waals surface area (Å²) < 4.78 is 2.21. The van der Waals surface area contributed by atoms with Crippen molar-refractivity contribution in [1.29, 1.82) is 0 Å². The fraction of sp³-hybridized carbons (Fsp3) is 0.125. The van der Waals surface area contributed by atoms with Crippen molar-refractivity contribution in [1.82, 2.24) is 9.55 Å². The first kappa shape index (κ1) is 16.3. The van der Waals surface area contributed by atoms with Gasteiger partial charge in [0.1, 0.15) is 5.82 Å². The number of rotatable bonds is 3. The lowest BCUT2D eigenvalue weighted by atomic mass is 9.96. The molecule has 0 aliphatic carbocycles. The van der Waals surface area contributed by atoms with E-state index >= 15 is 0 Å². The summed E-state index contributed by atoms with van der Waals surface area (Å²) in [5, 5.41) is 0. The molecule has 0 unspecified atom stereocenters. The largest absolute Gasteiger partial charge is 0.299 e. The van der Waals surface area contributed by atoms with E-state index in [1.54, 1.807) is 0 Å². The van der Waals surface area contributed by atoms with Crippen LogP contribution in [-0.2, 0) is 0 Å². The third-order valence-electron chi connectivity index (χ3n) is 4.69. The molecule has 4 aromatic rings. The van der Waals surface area contributed by atoms with E-state index in [0.717, 1.165) is 11.4 Å². The van der Waals surface area contributed by atoms with E-state index in [9.17, 15) is 0 Å². The molecule has 0 spiro atoms. The van der Waals surface area contributed by atoms with E-state index in [2.05, 4.69) is 97.2 Å². The molecule has 0 fully saturated rings. The summed E-state index contributed by atoms with van der Waals surface area (Å²) in [6.45, 7) is 6.47. The first-order valence-corrected chi connectivity index (χ1v) is 8.91. The Morgan fingerprint density at radius 2 is 1.50 bits per heavy atom. The summed E-state index contributed by atoms with van der Waals surface area (Å²) >= 11 is 0. The molecule has 26 heavy (non-hydrogen) atoms. The minimum absolute atomic E-state index is 0.964. The number of nitrogens with zero attached hydrogens (tertiary/aromatic N) is 2. The van der Waals surface area contributed by atoms with Crippen LogP contribution < -0.4 is 0 Å². The van der Waals surface area contributed by atoms with Crippen molar-refractivity contribution in [3.8, 4) is 28.2 Å². The van der Waals surface area contributed by atoms with Gasteiger partial charge in [0.2, 0.25) is 0 Å². The van der Waals surface area contributed by atoms with Crippen LogP contribution in [0.15, 0.2) is 79.1 Å². The van der Waals surface area contributed by atoms with E-state index in [-0.39, 0.29) is 0 Å². The quantitative estimate of drug-likeness (QED) is 0.439. The molecule has 0 saturated carbocycles. The number of imidazole rings is 1.